The van der Waals surface area contributed by atoms with E-state index in [-0.39, 0.29) is 17.5 Å². The van der Waals surface area contributed by atoms with Crippen molar-refractivity contribution in [3.63, 3.8) is 0 Å². The molecule has 0 aromatic heterocycles. The van der Waals surface area contributed by atoms with Crippen LogP contribution in [-0.2, 0) is 11.3 Å². The molecule has 0 spiro atoms. The van der Waals surface area contributed by atoms with E-state index < -0.39 is 5.82 Å². The number of rotatable bonds is 6. The van der Waals surface area contributed by atoms with Crippen molar-refractivity contribution in [1.82, 2.24) is 10.6 Å². The Bertz CT molecular complexity index is 508. The number of nitriles is 1. The summed E-state index contributed by atoms with van der Waals surface area (Å²) in [4.78, 5) is 11.8. The quantitative estimate of drug-likeness (QED) is 0.835. The van der Waals surface area contributed by atoms with Crippen LogP contribution in [-0.4, -0.2) is 18.5 Å². The van der Waals surface area contributed by atoms with Gasteiger partial charge in [-0.15, -0.1) is 0 Å². The van der Waals surface area contributed by atoms with Crippen LogP contribution in [0.4, 0.5) is 4.39 Å². The van der Waals surface area contributed by atoms with Crippen molar-refractivity contribution in [3.05, 3.63) is 35.1 Å². The highest BCUT2D eigenvalue weighted by molar-refractivity contribution is 5.81. The molecule has 1 aromatic carbocycles. The van der Waals surface area contributed by atoms with Crippen molar-refractivity contribution in [2.75, 3.05) is 6.54 Å². The third-order valence-corrected chi connectivity index (χ3v) is 2.84. The molecule has 0 radical (unpaired) electrons. The molecule has 4 nitrogen and oxygen atoms in total. The fraction of sp³-hybridized carbons (Fsp3) is 0.467. The highest BCUT2D eigenvalue weighted by Crippen LogP contribution is 2.09. The zero-order chi connectivity index (χ0) is 15.1. The fourth-order valence-corrected chi connectivity index (χ4v) is 1.59. The molecule has 0 aliphatic heterocycles. The number of carbonyl (C=O) groups is 1. The molecule has 20 heavy (non-hydrogen) atoms. The number of halogens is 1. The number of hydrogen-bond acceptors (Lipinski definition) is 3. The van der Waals surface area contributed by atoms with Crippen molar-refractivity contribution in [2.24, 2.45) is 5.92 Å². The average Bonchev–Trinajstić information content (AvgIpc) is 2.43. The summed E-state index contributed by atoms with van der Waals surface area (Å²) in [5, 5.41) is 14.6. The summed E-state index contributed by atoms with van der Waals surface area (Å²) in [5.74, 6) is -0.193. The summed E-state index contributed by atoms with van der Waals surface area (Å²) in [6.07, 6.45) is 0. The Morgan fingerprint density at radius 3 is 2.70 bits per heavy atom. The van der Waals surface area contributed by atoms with Crippen LogP contribution >= 0.6 is 0 Å². The minimum absolute atomic E-state index is 0.0150. The van der Waals surface area contributed by atoms with E-state index in [4.69, 9.17) is 5.26 Å². The minimum Gasteiger partial charge on any atom is -0.354 e. The van der Waals surface area contributed by atoms with E-state index in [0.717, 1.165) is 5.56 Å². The first-order valence-corrected chi connectivity index (χ1v) is 6.63. The van der Waals surface area contributed by atoms with Crippen molar-refractivity contribution < 1.29 is 9.18 Å². The third kappa shape index (κ3) is 4.98. The molecule has 0 aliphatic rings. The topological polar surface area (TPSA) is 64.9 Å². The highest BCUT2D eigenvalue weighted by Gasteiger charge is 2.12. The lowest BCUT2D eigenvalue weighted by Crippen LogP contribution is -2.42. The Hall–Kier alpha value is -1.93. The molecule has 0 saturated heterocycles. The van der Waals surface area contributed by atoms with E-state index in [2.05, 4.69) is 10.6 Å². The van der Waals surface area contributed by atoms with Crippen LogP contribution in [0.2, 0.25) is 0 Å². The van der Waals surface area contributed by atoms with E-state index in [9.17, 15) is 9.18 Å². The second-order valence-corrected chi connectivity index (χ2v) is 5.17. The molecule has 1 rings (SSSR count). The van der Waals surface area contributed by atoms with E-state index >= 15 is 0 Å². The van der Waals surface area contributed by atoms with Crippen LogP contribution in [0.3, 0.4) is 0 Å². The highest BCUT2D eigenvalue weighted by atomic mass is 19.1. The number of hydrogen-bond donors (Lipinski definition) is 2. The number of benzene rings is 1. The SMILES string of the molecule is CC(C)CNC(=O)C(C)NCc1ccc(F)c(C#N)c1. The Balaban J connectivity index is 2.50. The predicted octanol–water partition coefficient (Wildman–Crippen LogP) is 1.95. The Morgan fingerprint density at radius 2 is 2.10 bits per heavy atom. The van der Waals surface area contributed by atoms with Crippen molar-refractivity contribution in [1.29, 1.82) is 5.26 Å². The van der Waals surface area contributed by atoms with Gasteiger partial charge in [-0.25, -0.2) is 4.39 Å². The second-order valence-electron chi connectivity index (χ2n) is 5.17. The maximum atomic E-state index is 13.2. The standard InChI is InChI=1S/C15H20FN3O/c1-10(2)8-19-15(20)11(3)18-9-12-4-5-14(16)13(6-12)7-17/h4-6,10-11,18H,8-9H2,1-3H3,(H,19,20). The van der Waals surface area contributed by atoms with Gasteiger partial charge in [0.15, 0.2) is 0 Å². The maximum Gasteiger partial charge on any atom is 0.236 e. The summed E-state index contributed by atoms with van der Waals surface area (Å²) in [6.45, 7) is 6.87. The summed E-state index contributed by atoms with van der Waals surface area (Å²) in [6, 6.07) is 5.80. The van der Waals surface area contributed by atoms with Gasteiger partial charge in [-0.05, 0) is 30.5 Å². The van der Waals surface area contributed by atoms with Crippen LogP contribution in [0.15, 0.2) is 18.2 Å². The smallest absolute Gasteiger partial charge is 0.236 e. The van der Waals surface area contributed by atoms with E-state index in [0.29, 0.717) is 19.0 Å². The number of nitrogens with one attached hydrogen (secondary N) is 2. The summed E-state index contributed by atoms with van der Waals surface area (Å²) in [5.41, 5.74) is 0.785. The molecule has 1 atom stereocenters. The normalized spacial score (nSPS) is 12.0. The van der Waals surface area contributed by atoms with Crippen molar-refractivity contribution >= 4 is 5.91 Å². The van der Waals surface area contributed by atoms with Crippen LogP contribution in [0.25, 0.3) is 0 Å². The third-order valence-electron chi connectivity index (χ3n) is 2.84. The average molecular weight is 277 g/mol. The molecule has 1 aromatic rings. The molecular weight excluding hydrogens is 257 g/mol. The molecule has 5 heteroatoms. The van der Waals surface area contributed by atoms with Crippen LogP contribution in [0.5, 0.6) is 0 Å². The Kier molecular flexibility index (Phi) is 6.13. The lowest BCUT2D eigenvalue weighted by atomic mass is 10.1. The van der Waals surface area contributed by atoms with E-state index in [1.165, 1.54) is 12.1 Å². The molecule has 1 amide bonds. The largest absolute Gasteiger partial charge is 0.354 e. The monoisotopic (exact) mass is 277 g/mol. The van der Waals surface area contributed by atoms with Gasteiger partial charge >= 0.3 is 0 Å². The van der Waals surface area contributed by atoms with E-state index in [1.54, 1.807) is 19.1 Å². The van der Waals surface area contributed by atoms with Gasteiger partial charge in [0.1, 0.15) is 11.9 Å². The van der Waals surface area contributed by atoms with E-state index in [1.807, 2.05) is 13.8 Å². The van der Waals surface area contributed by atoms with Gasteiger partial charge in [0, 0.05) is 13.1 Å². The van der Waals surface area contributed by atoms with Gasteiger partial charge in [0.25, 0.3) is 0 Å². The number of nitrogens with zero attached hydrogens (tertiary/aromatic N) is 1. The van der Waals surface area contributed by atoms with Gasteiger partial charge in [-0.3, -0.25) is 4.79 Å². The van der Waals surface area contributed by atoms with Gasteiger partial charge in [-0.2, -0.15) is 5.26 Å². The summed E-state index contributed by atoms with van der Waals surface area (Å²) >= 11 is 0. The van der Waals surface area contributed by atoms with Gasteiger partial charge in [0.05, 0.1) is 11.6 Å². The molecule has 0 heterocycles. The zero-order valence-corrected chi connectivity index (χ0v) is 12.0. The summed E-state index contributed by atoms with van der Waals surface area (Å²) in [7, 11) is 0. The Morgan fingerprint density at radius 1 is 1.40 bits per heavy atom. The molecule has 1 unspecified atom stereocenters. The van der Waals surface area contributed by atoms with Crippen molar-refractivity contribution in [2.45, 2.75) is 33.4 Å². The molecule has 0 bridgehead atoms. The molecular formula is C15H20FN3O. The molecule has 0 fully saturated rings. The number of amides is 1. The first-order chi connectivity index (χ1) is 9.43. The number of carbonyl (C=O) groups excluding carboxylic acids is 1. The fourth-order valence-electron chi connectivity index (χ4n) is 1.59. The molecule has 2 N–H and O–H groups in total. The van der Waals surface area contributed by atoms with Crippen molar-refractivity contribution in [3.8, 4) is 6.07 Å². The predicted molar refractivity (Wildman–Crippen MR) is 75.3 cm³/mol. The zero-order valence-electron chi connectivity index (χ0n) is 12.0. The molecule has 0 aliphatic carbocycles. The lowest BCUT2D eigenvalue weighted by Gasteiger charge is -2.15. The molecule has 108 valence electrons. The first-order valence-electron chi connectivity index (χ1n) is 6.63. The van der Waals surface area contributed by atoms with Gasteiger partial charge in [-0.1, -0.05) is 19.9 Å². The minimum atomic E-state index is -0.529. The Labute approximate surface area is 119 Å². The lowest BCUT2D eigenvalue weighted by molar-refractivity contribution is -0.122. The van der Waals surface area contributed by atoms with Crippen LogP contribution < -0.4 is 10.6 Å². The summed E-state index contributed by atoms with van der Waals surface area (Å²) < 4.78 is 13.2. The maximum absolute atomic E-state index is 13.2. The second kappa shape index (κ2) is 7.61. The van der Waals surface area contributed by atoms with Gasteiger partial charge in [0.2, 0.25) is 5.91 Å². The van der Waals surface area contributed by atoms with Crippen LogP contribution in [0, 0.1) is 23.1 Å². The van der Waals surface area contributed by atoms with Crippen LogP contribution in [0.1, 0.15) is 31.9 Å². The first kappa shape index (κ1) is 16.1. The van der Waals surface area contributed by atoms with Gasteiger partial charge < -0.3 is 10.6 Å². The molecule has 0 saturated carbocycles.